The van der Waals surface area contributed by atoms with Crippen molar-refractivity contribution in [2.45, 2.75) is 25.5 Å². The molecule has 0 spiro atoms. The lowest BCUT2D eigenvalue weighted by Crippen LogP contribution is -2.34. The summed E-state index contributed by atoms with van der Waals surface area (Å²) < 4.78 is 0. The summed E-state index contributed by atoms with van der Waals surface area (Å²) in [5.41, 5.74) is 1.16. The molecule has 160 valence electrons. The largest absolute Gasteiger partial charge is 0.382 e. The second-order valence-corrected chi connectivity index (χ2v) is 9.24. The van der Waals surface area contributed by atoms with E-state index < -0.39 is 17.9 Å². The van der Waals surface area contributed by atoms with Crippen molar-refractivity contribution in [1.29, 1.82) is 0 Å². The number of rotatable bonds is 6. The SMILES string of the molecule is O=C(NCc1ccc(C(O)c2cccs2)s1)C(=O)Nc1cccc(N2CCCC2=O)c1. The minimum atomic E-state index is -0.778. The molecular weight excluding hydrogens is 434 g/mol. The number of anilines is 2. The average Bonchev–Trinajstić information content (AvgIpc) is 3.53. The van der Waals surface area contributed by atoms with Crippen LogP contribution in [0.5, 0.6) is 0 Å². The molecular formula is C22H21N3O4S2. The normalized spacial score (nSPS) is 14.5. The first-order valence-corrected chi connectivity index (χ1v) is 11.5. The summed E-state index contributed by atoms with van der Waals surface area (Å²) in [5.74, 6) is -1.47. The first-order chi connectivity index (χ1) is 15.0. The second-order valence-electron chi connectivity index (χ2n) is 7.06. The third-order valence-corrected chi connectivity index (χ3v) is 6.95. The molecule has 2 aromatic heterocycles. The first-order valence-electron chi connectivity index (χ1n) is 9.81. The van der Waals surface area contributed by atoms with Gasteiger partial charge < -0.3 is 20.6 Å². The Labute approximate surface area is 187 Å². The smallest absolute Gasteiger partial charge is 0.313 e. The van der Waals surface area contributed by atoms with Crippen molar-refractivity contribution in [2.24, 2.45) is 0 Å². The van der Waals surface area contributed by atoms with Crippen LogP contribution >= 0.6 is 22.7 Å². The quantitative estimate of drug-likeness (QED) is 0.497. The zero-order chi connectivity index (χ0) is 21.8. The van der Waals surface area contributed by atoms with Crippen LogP contribution in [0.4, 0.5) is 11.4 Å². The fraction of sp³-hybridized carbons (Fsp3) is 0.227. The fourth-order valence-electron chi connectivity index (χ4n) is 3.33. The topological polar surface area (TPSA) is 98.7 Å². The van der Waals surface area contributed by atoms with Crippen LogP contribution in [0.3, 0.4) is 0 Å². The lowest BCUT2D eigenvalue weighted by atomic mass is 10.2. The molecule has 1 saturated heterocycles. The molecule has 0 radical (unpaired) electrons. The summed E-state index contributed by atoms with van der Waals surface area (Å²) in [6, 6.07) is 14.3. The number of thiophene rings is 2. The number of nitrogens with zero attached hydrogens (tertiary/aromatic N) is 1. The molecule has 4 rings (SSSR count). The van der Waals surface area contributed by atoms with E-state index in [0.717, 1.165) is 21.1 Å². The predicted octanol–water partition coefficient (Wildman–Crippen LogP) is 3.27. The van der Waals surface area contributed by atoms with E-state index in [1.807, 2.05) is 29.6 Å². The third kappa shape index (κ3) is 5.01. The standard InChI is InChI=1S/C22H21N3O4S2/c26-19-7-2-10-25(19)15-5-1-4-14(12-15)24-22(29)21(28)23-13-16-8-9-18(31-16)20(27)17-6-3-11-30-17/h1,3-6,8-9,11-12,20,27H,2,7,10,13H2,(H,23,28)(H,24,29). The molecule has 0 bridgehead atoms. The Morgan fingerprint density at radius 2 is 1.97 bits per heavy atom. The van der Waals surface area contributed by atoms with Crippen LogP contribution in [0, 0.1) is 0 Å². The van der Waals surface area contributed by atoms with Crippen LogP contribution in [0.25, 0.3) is 0 Å². The zero-order valence-electron chi connectivity index (χ0n) is 16.5. The summed E-state index contributed by atoms with van der Waals surface area (Å²) in [6.07, 6.45) is 0.646. The Kier molecular flexibility index (Phi) is 6.45. The van der Waals surface area contributed by atoms with Crippen LogP contribution < -0.4 is 15.5 Å². The van der Waals surface area contributed by atoms with E-state index in [1.54, 1.807) is 29.2 Å². The number of hydrogen-bond acceptors (Lipinski definition) is 6. The molecule has 9 heteroatoms. The molecule has 3 N–H and O–H groups in total. The Balaban J connectivity index is 1.31. The Hall–Kier alpha value is -3.01. The highest BCUT2D eigenvalue weighted by atomic mass is 32.1. The van der Waals surface area contributed by atoms with Gasteiger partial charge >= 0.3 is 11.8 Å². The van der Waals surface area contributed by atoms with Gasteiger partial charge in [0.15, 0.2) is 0 Å². The lowest BCUT2D eigenvalue weighted by molar-refractivity contribution is -0.136. The number of nitrogens with one attached hydrogen (secondary N) is 2. The summed E-state index contributed by atoms with van der Waals surface area (Å²) in [5, 5.41) is 17.5. The van der Waals surface area contributed by atoms with Gasteiger partial charge in [-0.15, -0.1) is 22.7 Å². The Morgan fingerprint density at radius 1 is 1.10 bits per heavy atom. The van der Waals surface area contributed by atoms with Gasteiger partial charge in [-0.1, -0.05) is 12.1 Å². The molecule has 7 nitrogen and oxygen atoms in total. The minimum Gasteiger partial charge on any atom is -0.382 e. The van der Waals surface area contributed by atoms with Crippen LogP contribution in [-0.4, -0.2) is 29.4 Å². The van der Waals surface area contributed by atoms with Crippen molar-refractivity contribution < 1.29 is 19.5 Å². The van der Waals surface area contributed by atoms with E-state index in [-0.39, 0.29) is 12.5 Å². The summed E-state index contributed by atoms with van der Waals surface area (Å²) in [6.45, 7) is 0.844. The highest BCUT2D eigenvalue weighted by molar-refractivity contribution is 7.12. The van der Waals surface area contributed by atoms with Crippen molar-refractivity contribution in [3.8, 4) is 0 Å². The zero-order valence-corrected chi connectivity index (χ0v) is 18.2. The number of amides is 3. The monoisotopic (exact) mass is 455 g/mol. The van der Waals surface area contributed by atoms with Gasteiger partial charge in [0.1, 0.15) is 6.10 Å². The van der Waals surface area contributed by atoms with Crippen molar-refractivity contribution in [3.63, 3.8) is 0 Å². The molecule has 1 aliphatic rings. The third-order valence-electron chi connectivity index (χ3n) is 4.88. The maximum absolute atomic E-state index is 12.3. The van der Waals surface area contributed by atoms with Gasteiger partial charge in [0.25, 0.3) is 0 Å². The number of carbonyl (C=O) groups excluding carboxylic acids is 3. The van der Waals surface area contributed by atoms with Gasteiger partial charge in [0.2, 0.25) is 5.91 Å². The van der Waals surface area contributed by atoms with Crippen molar-refractivity contribution in [3.05, 3.63) is 68.5 Å². The first kappa shape index (κ1) is 21.2. The molecule has 1 aliphatic heterocycles. The summed E-state index contributed by atoms with van der Waals surface area (Å²) >= 11 is 2.87. The maximum Gasteiger partial charge on any atom is 0.313 e. The Morgan fingerprint density at radius 3 is 2.71 bits per heavy atom. The van der Waals surface area contributed by atoms with Crippen LogP contribution in [0.1, 0.15) is 33.6 Å². The number of hydrogen-bond donors (Lipinski definition) is 3. The molecule has 3 heterocycles. The lowest BCUT2D eigenvalue weighted by Gasteiger charge is -2.16. The van der Waals surface area contributed by atoms with Gasteiger partial charge in [-0.05, 0) is 48.2 Å². The van der Waals surface area contributed by atoms with E-state index in [9.17, 15) is 19.5 Å². The van der Waals surface area contributed by atoms with Crippen molar-refractivity contribution in [2.75, 3.05) is 16.8 Å². The molecule has 1 aromatic carbocycles. The van der Waals surface area contributed by atoms with E-state index >= 15 is 0 Å². The molecule has 1 atom stereocenters. The number of aliphatic hydroxyl groups is 1. The van der Waals surface area contributed by atoms with E-state index in [1.165, 1.54) is 22.7 Å². The summed E-state index contributed by atoms with van der Waals surface area (Å²) in [7, 11) is 0. The van der Waals surface area contributed by atoms with Gasteiger partial charge in [-0.2, -0.15) is 0 Å². The van der Waals surface area contributed by atoms with Crippen LogP contribution in [0.15, 0.2) is 53.9 Å². The minimum absolute atomic E-state index is 0.0562. The molecule has 0 aliphatic carbocycles. The molecule has 0 saturated carbocycles. The molecule has 31 heavy (non-hydrogen) atoms. The number of aliphatic hydroxyl groups excluding tert-OH is 1. The van der Waals surface area contributed by atoms with Gasteiger partial charge in [-0.3, -0.25) is 14.4 Å². The molecule has 3 amide bonds. The maximum atomic E-state index is 12.3. The van der Waals surface area contributed by atoms with E-state index in [4.69, 9.17) is 0 Å². The molecule has 1 unspecified atom stereocenters. The van der Waals surface area contributed by atoms with Gasteiger partial charge in [0, 0.05) is 39.0 Å². The number of benzene rings is 1. The summed E-state index contributed by atoms with van der Waals surface area (Å²) in [4.78, 5) is 40.5. The Bertz CT molecular complexity index is 1090. The molecule has 1 fully saturated rings. The number of carbonyl (C=O) groups is 3. The predicted molar refractivity (Wildman–Crippen MR) is 121 cm³/mol. The van der Waals surface area contributed by atoms with Crippen LogP contribution in [0.2, 0.25) is 0 Å². The average molecular weight is 456 g/mol. The van der Waals surface area contributed by atoms with Gasteiger partial charge in [-0.25, -0.2) is 0 Å². The van der Waals surface area contributed by atoms with Crippen molar-refractivity contribution in [1.82, 2.24) is 5.32 Å². The molecule has 3 aromatic rings. The van der Waals surface area contributed by atoms with E-state index in [0.29, 0.717) is 24.3 Å². The highest BCUT2D eigenvalue weighted by Gasteiger charge is 2.22. The van der Waals surface area contributed by atoms with Gasteiger partial charge in [0.05, 0.1) is 6.54 Å². The highest BCUT2D eigenvalue weighted by Crippen LogP contribution is 2.31. The van der Waals surface area contributed by atoms with Crippen LogP contribution in [-0.2, 0) is 20.9 Å². The second kappa shape index (κ2) is 9.42. The van der Waals surface area contributed by atoms with Crippen molar-refractivity contribution >= 4 is 51.8 Å². The fourth-order valence-corrected chi connectivity index (χ4v) is 5.09. The van der Waals surface area contributed by atoms with E-state index in [2.05, 4.69) is 10.6 Å².